The first kappa shape index (κ1) is 14.5. The fourth-order valence-corrected chi connectivity index (χ4v) is 2.68. The third kappa shape index (κ3) is 3.43. The Morgan fingerprint density at radius 3 is 2.76 bits per heavy atom. The molecule has 112 valence electrons. The molecule has 1 N–H and O–H groups in total. The number of hydrogen-bond donors (Lipinski definition) is 1. The number of likely N-dealkylation sites (tertiary alicyclic amines) is 1. The normalized spacial score (nSPS) is 18.8. The molecule has 0 atom stereocenters. The molecule has 2 aromatic rings. The molecule has 2 heterocycles. The molecule has 1 saturated heterocycles. The van der Waals surface area contributed by atoms with Gasteiger partial charge in [0.1, 0.15) is 0 Å². The molecule has 1 aliphatic heterocycles. The van der Waals surface area contributed by atoms with Crippen LogP contribution in [0.1, 0.15) is 25.7 Å². The van der Waals surface area contributed by atoms with E-state index in [0.717, 1.165) is 31.5 Å². The molecule has 21 heavy (non-hydrogen) atoms. The molecule has 0 spiro atoms. The molecule has 1 aliphatic rings. The van der Waals surface area contributed by atoms with Crippen LogP contribution >= 0.6 is 11.6 Å². The van der Waals surface area contributed by atoms with Gasteiger partial charge in [-0.3, -0.25) is 4.90 Å². The highest BCUT2D eigenvalue weighted by Crippen LogP contribution is 2.26. The van der Waals surface area contributed by atoms with Crippen LogP contribution in [0.15, 0.2) is 28.8 Å². The fraction of sp³-hybridized carbons (Fsp3) is 0.467. The second kappa shape index (κ2) is 5.75. The summed E-state index contributed by atoms with van der Waals surface area (Å²) in [6.45, 7) is 4.15. The van der Waals surface area contributed by atoms with Gasteiger partial charge in [-0.05, 0) is 31.9 Å². The average molecular weight is 308 g/mol. The minimum atomic E-state index is -0.548. The van der Waals surface area contributed by atoms with Gasteiger partial charge < -0.3 is 9.63 Å². The first-order valence-corrected chi connectivity index (χ1v) is 7.43. The molecule has 0 amide bonds. The highest BCUT2D eigenvalue weighted by molar-refractivity contribution is 6.33. The summed E-state index contributed by atoms with van der Waals surface area (Å²) in [5, 5.41) is 14.6. The van der Waals surface area contributed by atoms with E-state index < -0.39 is 5.60 Å². The van der Waals surface area contributed by atoms with Gasteiger partial charge >= 0.3 is 0 Å². The molecular formula is C15H18ClN3O2. The molecule has 0 radical (unpaired) electrons. The van der Waals surface area contributed by atoms with Crippen molar-refractivity contribution in [3.63, 3.8) is 0 Å². The number of aliphatic hydroxyl groups is 1. The van der Waals surface area contributed by atoms with Crippen LogP contribution in [0.25, 0.3) is 11.4 Å². The summed E-state index contributed by atoms with van der Waals surface area (Å²) in [5.74, 6) is 1.09. The van der Waals surface area contributed by atoms with Crippen LogP contribution in [0, 0.1) is 0 Å². The van der Waals surface area contributed by atoms with Crippen LogP contribution in [0.5, 0.6) is 0 Å². The van der Waals surface area contributed by atoms with Crippen LogP contribution in [0.2, 0.25) is 5.02 Å². The van der Waals surface area contributed by atoms with Gasteiger partial charge in [0.25, 0.3) is 0 Å². The molecule has 5 nitrogen and oxygen atoms in total. The van der Waals surface area contributed by atoms with E-state index in [0.29, 0.717) is 23.3 Å². The van der Waals surface area contributed by atoms with E-state index in [1.54, 1.807) is 6.07 Å². The van der Waals surface area contributed by atoms with E-state index in [-0.39, 0.29) is 0 Å². The number of hydrogen-bond acceptors (Lipinski definition) is 5. The zero-order valence-electron chi connectivity index (χ0n) is 11.9. The van der Waals surface area contributed by atoms with Crippen molar-refractivity contribution in [2.75, 3.05) is 13.1 Å². The maximum Gasteiger partial charge on any atom is 0.241 e. The predicted molar refractivity (Wildman–Crippen MR) is 79.9 cm³/mol. The van der Waals surface area contributed by atoms with Crippen LogP contribution in [0.3, 0.4) is 0 Å². The summed E-state index contributed by atoms with van der Waals surface area (Å²) in [7, 11) is 0. The van der Waals surface area contributed by atoms with Crippen molar-refractivity contribution in [3.8, 4) is 11.4 Å². The zero-order chi connectivity index (χ0) is 14.9. The highest BCUT2D eigenvalue weighted by atomic mass is 35.5. The summed E-state index contributed by atoms with van der Waals surface area (Å²) in [6.07, 6.45) is 1.52. The molecule has 1 fully saturated rings. The van der Waals surface area contributed by atoms with Gasteiger partial charge in [-0.25, -0.2) is 0 Å². The second-order valence-electron chi connectivity index (χ2n) is 5.76. The minimum Gasteiger partial charge on any atom is -0.390 e. The molecule has 3 rings (SSSR count). The van der Waals surface area contributed by atoms with Gasteiger partial charge in [-0.15, -0.1) is 0 Å². The summed E-state index contributed by atoms with van der Waals surface area (Å²) < 4.78 is 5.30. The van der Waals surface area contributed by atoms with Gasteiger partial charge in [0.2, 0.25) is 11.7 Å². The molecule has 0 saturated carbocycles. The molecule has 6 heteroatoms. The van der Waals surface area contributed by atoms with Gasteiger partial charge in [-0.1, -0.05) is 28.9 Å². The van der Waals surface area contributed by atoms with Crippen LogP contribution in [-0.4, -0.2) is 38.8 Å². The number of nitrogens with zero attached hydrogens (tertiary/aromatic N) is 3. The van der Waals surface area contributed by atoms with E-state index in [1.165, 1.54) is 0 Å². The van der Waals surface area contributed by atoms with Crippen LogP contribution in [0.4, 0.5) is 0 Å². The smallest absolute Gasteiger partial charge is 0.241 e. The quantitative estimate of drug-likeness (QED) is 0.944. The number of piperidine rings is 1. The standard InChI is InChI=1S/C15H18ClN3O2/c1-15(20)6-8-19(9-7-15)10-13-17-14(18-21-13)11-4-2-3-5-12(11)16/h2-5,20H,6-10H2,1H3. The van der Waals surface area contributed by atoms with Crippen molar-refractivity contribution in [1.82, 2.24) is 15.0 Å². The molecule has 1 aromatic carbocycles. The molecule has 0 bridgehead atoms. The lowest BCUT2D eigenvalue weighted by Gasteiger charge is -2.34. The molecule has 0 aliphatic carbocycles. The van der Waals surface area contributed by atoms with Crippen LogP contribution in [-0.2, 0) is 6.54 Å². The Labute approximate surface area is 128 Å². The SMILES string of the molecule is CC1(O)CCN(Cc2nc(-c3ccccc3Cl)no2)CC1. The Morgan fingerprint density at radius 1 is 1.33 bits per heavy atom. The van der Waals surface area contributed by atoms with Crippen molar-refractivity contribution in [2.24, 2.45) is 0 Å². The van der Waals surface area contributed by atoms with Crippen molar-refractivity contribution < 1.29 is 9.63 Å². The summed E-state index contributed by atoms with van der Waals surface area (Å²) >= 11 is 6.13. The molecule has 1 aromatic heterocycles. The van der Waals surface area contributed by atoms with Gasteiger partial charge in [-0.2, -0.15) is 4.98 Å². The van der Waals surface area contributed by atoms with Gasteiger partial charge in [0.15, 0.2) is 0 Å². The van der Waals surface area contributed by atoms with E-state index in [4.69, 9.17) is 16.1 Å². The Kier molecular flexibility index (Phi) is 3.97. The van der Waals surface area contributed by atoms with Gasteiger partial charge in [0.05, 0.1) is 17.2 Å². The maximum absolute atomic E-state index is 9.95. The van der Waals surface area contributed by atoms with E-state index in [1.807, 2.05) is 25.1 Å². The predicted octanol–water partition coefficient (Wildman–Crippen LogP) is 2.74. The van der Waals surface area contributed by atoms with Crippen LogP contribution < -0.4 is 0 Å². The van der Waals surface area contributed by atoms with E-state index in [9.17, 15) is 5.11 Å². The van der Waals surface area contributed by atoms with Crippen molar-refractivity contribution >= 4 is 11.6 Å². The number of halogens is 1. The second-order valence-corrected chi connectivity index (χ2v) is 6.17. The summed E-state index contributed by atoms with van der Waals surface area (Å²) in [5.41, 5.74) is 0.226. The lowest BCUT2D eigenvalue weighted by molar-refractivity contribution is -0.00944. The van der Waals surface area contributed by atoms with E-state index >= 15 is 0 Å². The largest absolute Gasteiger partial charge is 0.390 e. The summed E-state index contributed by atoms with van der Waals surface area (Å²) in [4.78, 5) is 6.62. The molecule has 0 unspecified atom stereocenters. The number of aromatic nitrogens is 2. The van der Waals surface area contributed by atoms with Crippen molar-refractivity contribution in [3.05, 3.63) is 35.2 Å². The topological polar surface area (TPSA) is 62.4 Å². The number of benzene rings is 1. The Balaban J connectivity index is 1.68. The molecular weight excluding hydrogens is 290 g/mol. The first-order chi connectivity index (χ1) is 10.0. The van der Waals surface area contributed by atoms with Crippen molar-refractivity contribution in [2.45, 2.75) is 31.9 Å². The lowest BCUT2D eigenvalue weighted by atomic mass is 9.94. The van der Waals surface area contributed by atoms with Gasteiger partial charge in [0, 0.05) is 18.7 Å². The number of rotatable bonds is 3. The lowest BCUT2D eigenvalue weighted by Crippen LogP contribution is -2.42. The Morgan fingerprint density at radius 2 is 2.05 bits per heavy atom. The monoisotopic (exact) mass is 307 g/mol. The zero-order valence-corrected chi connectivity index (χ0v) is 12.7. The Bertz CT molecular complexity index is 617. The third-order valence-electron chi connectivity index (χ3n) is 3.87. The minimum absolute atomic E-state index is 0.514. The highest BCUT2D eigenvalue weighted by Gasteiger charge is 2.28. The first-order valence-electron chi connectivity index (χ1n) is 7.06. The summed E-state index contributed by atoms with van der Waals surface area (Å²) in [6, 6.07) is 7.44. The Hall–Kier alpha value is -1.43. The average Bonchev–Trinajstić information content (AvgIpc) is 2.90. The maximum atomic E-state index is 9.95. The van der Waals surface area contributed by atoms with E-state index in [2.05, 4.69) is 15.0 Å². The fourth-order valence-electron chi connectivity index (χ4n) is 2.46. The van der Waals surface area contributed by atoms with Crippen molar-refractivity contribution in [1.29, 1.82) is 0 Å². The third-order valence-corrected chi connectivity index (χ3v) is 4.20.